The maximum absolute atomic E-state index is 12.1. The number of methoxy groups -OCH3 is 1. The molecule has 0 aromatic heterocycles. The second kappa shape index (κ2) is 7.63. The minimum atomic E-state index is -0.546. The molecule has 1 N–H and O–H groups in total. The Hall–Kier alpha value is -2.13. The van der Waals surface area contributed by atoms with Crippen LogP contribution in [0.4, 0.5) is 0 Å². The Balaban J connectivity index is 1.80. The van der Waals surface area contributed by atoms with Gasteiger partial charge in [-0.05, 0) is 24.0 Å². The molecule has 126 valence electrons. The van der Waals surface area contributed by atoms with E-state index in [2.05, 4.69) is 29.6 Å². The van der Waals surface area contributed by atoms with Gasteiger partial charge in [-0.1, -0.05) is 67.1 Å². The lowest BCUT2D eigenvalue weighted by molar-refractivity contribution is -0.127. The molecule has 0 bridgehead atoms. The number of amides is 1. The van der Waals surface area contributed by atoms with Gasteiger partial charge in [0.05, 0.1) is 0 Å². The molecule has 0 radical (unpaired) electrons. The number of ether oxygens (including phenoxy) is 1. The standard InChI is InChI=1S/C21H25NO2/c1-24-21(18-11-4-2-5-12-18,19-13-6-3-7-14-19)15-16-22-20(23)17-9-8-10-17/h2-7,11-14,17H,8-10,15-16H2,1H3,(H,22,23). The Kier molecular flexibility index (Phi) is 5.31. The minimum Gasteiger partial charge on any atom is -0.369 e. The Morgan fingerprint density at radius 2 is 1.58 bits per heavy atom. The van der Waals surface area contributed by atoms with Crippen molar-refractivity contribution in [3.8, 4) is 0 Å². The molecule has 2 aromatic carbocycles. The van der Waals surface area contributed by atoms with Gasteiger partial charge in [0.25, 0.3) is 0 Å². The highest BCUT2D eigenvalue weighted by Gasteiger charge is 2.34. The molecule has 1 saturated carbocycles. The van der Waals surface area contributed by atoms with Crippen molar-refractivity contribution < 1.29 is 9.53 Å². The smallest absolute Gasteiger partial charge is 0.223 e. The summed E-state index contributed by atoms with van der Waals surface area (Å²) in [6.45, 7) is 0.604. The van der Waals surface area contributed by atoms with Crippen LogP contribution in [0.25, 0.3) is 0 Å². The quantitative estimate of drug-likeness (QED) is 0.839. The van der Waals surface area contributed by atoms with Crippen molar-refractivity contribution in [1.82, 2.24) is 5.32 Å². The highest BCUT2D eigenvalue weighted by molar-refractivity contribution is 5.79. The topological polar surface area (TPSA) is 38.3 Å². The molecule has 1 aliphatic rings. The highest BCUT2D eigenvalue weighted by atomic mass is 16.5. The minimum absolute atomic E-state index is 0.187. The lowest BCUT2D eigenvalue weighted by atomic mass is 9.82. The van der Waals surface area contributed by atoms with Gasteiger partial charge in [-0.2, -0.15) is 0 Å². The second-order valence-electron chi connectivity index (χ2n) is 6.43. The molecule has 2 aromatic rings. The third-order valence-corrected chi connectivity index (χ3v) is 5.08. The van der Waals surface area contributed by atoms with Gasteiger partial charge >= 0.3 is 0 Å². The van der Waals surface area contributed by atoms with Gasteiger partial charge in [0.1, 0.15) is 5.60 Å². The molecule has 1 aliphatic carbocycles. The van der Waals surface area contributed by atoms with Crippen molar-refractivity contribution in [2.45, 2.75) is 31.3 Å². The van der Waals surface area contributed by atoms with Crippen LogP contribution in [-0.4, -0.2) is 19.6 Å². The van der Waals surface area contributed by atoms with Crippen molar-refractivity contribution in [1.29, 1.82) is 0 Å². The molecule has 0 saturated heterocycles. The lowest BCUT2D eigenvalue weighted by Gasteiger charge is -2.34. The number of carbonyl (C=O) groups excluding carboxylic acids is 1. The highest BCUT2D eigenvalue weighted by Crippen LogP contribution is 2.36. The lowest BCUT2D eigenvalue weighted by Crippen LogP contribution is -2.39. The predicted molar refractivity (Wildman–Crippen MR) is 95.6 cm³/mol. The van der Waals surface area contributed by atoms with Crippen LogP contribution in [0.5, 0.6) is 0 Å². The number of carbonyl (C=O) groups is 1. The maximum Gasteiger partial charge on any atom is 0.223 e. The Morgan fingerprint density at radius 1 is 1.04 bits per heavy atom. The van der Waals surface area contributed by atoms with Crippen molar-refractivity contribution in [3.63, 3.8) is 0 Å². The van der Waals surface area contributed by atoms with Gasteiger partial charge in [-0.15, -0.1) is 0 Å². The summed E-state index contributed by atoms with van der Waals surface area (Å²) in [6, 6.07) is 20.5. The molecule has 0 unspecified atom stereocenters. The zero-order valence-corrected chi connectivity index (χ0v) is 14.2. The van der Waals surface area contributed by atoms with Crippen LogP contribution in [-0.2, 0) is 15.1 Å². The van der Waals surface area contributed by atoms with Crippen LogP contribution >= 0.6 is 0 Å². The first-order valence-corrected chi connectivity index (χ1v) is 8.70. The first kappa shape index (κ1) is 16.7. The normalized spacial score (nSPS) is 14.9. The van der Waals surface area contributed by atoms with Crippen LogP contribution in [0.15, 0.2) is 60.7 Å². The fourth-order valence-electron chi connectivity index (χ4n) is 3.38. The summed E-state index contributed by atoms with van der Waals surface area (Å²) in [7, 11) is 1.74. The molecule has 24 heavy (non-hydrogen) atoms. The van der Waals surface area contributed by atoms with Crippen molar-refractivity contribution in [2.24, 2.45) is 5.92 Å². The summed E-state index contributed by atoms with van der Waals surface area (Å²) in [5.41, 5.74) is 1.67. The molecular formula is C21H25NO2. The summed E-state index contributed by atoms with van der Waals surface area (Å²) in [5, 5.41) is 3.09. The summed E-state index contributed by atoms with van der Waals surface area (Å²) < 4.78 is 6.04. The van der Waals surface area contributed by atoms with E-state index >= 15 is 0 Å². The van der Waals surface area contributed by atoms with E-state index in [1.54, 1.807) is 7.11 Å². The van der Waals surface area contributed by atoms with E-state index in [0.717, 1.165) is 24.0 Å². The average molecular weight is 323 g/mol. The molecular weight excluding hydrogens is 298 g/mol. The van der Waals surface area contributed by atoms with E-state index in [-0.39, 0.29) is 11.8 Å². The number of rotatable bonds is 7. The van der Waals surface area contributed by atoms with Crippen LogP contribution in [0.3, 0.4) is 0 Å². The number of hydrogen-bond donors (Lipinski definition) is 1. The summed E-state index contributed by atoms with van der Waals surface area (Å²) in [6.07, 6.45) is 3.93. The molecule has 3 nitrogen and oxygen atoms in total. The van der Waals surface area contributed by atoms with Gasteiger partial charge in [-0.3, -0.25) is 4.79 Å². The molecule has 0 atom stereocenters. The molecule has 0 spiro atoms. The fourth-order valence-corrected chi connectivity index (χ4v) is 3.38. The first-order valence-electron chi connectivity index (χ1n) is 8.70. The van der Waals surface area contributed by atoms with E-state index in [4.69, 9.17) is 4.74 Å². The SMILES string of the molecule is COC(CCNC(=O)C1CCC1)(c1ccccc1)c1ccccc1. The van der Waals surface area contributed by atoms with E-state index < -0.39 is 5.60 Å². The number of nitrogens with one attached hydrogen (secondary N) is 1. The monoisotopic (exact) mass is 323 g/mol. The van der Waals surface area contributed by atoms with Gasteiger partial charge in [-0.25, -0.2) is 0 Å². The molecule has 3 heteroatoms. The van der Waals surface area contributed by atoms with Crippen LogP contribution in [0.1, 0.15) is 36.8 Å². The zero-order chi connectivity index (χ0) is 16.8. The molecule has 0 aliphatic heterocycles. The van der Waals surface area contributed by atoms with Crippen molar-refractivity contribution >= 4 is 5.91 Å². The Labute approximate surface area is 144 Å². The second-order valence-corrected chi connectivity index (χ2v) is 6.43. The molecule has 3 rings (SSSR count). The first-order chi connectivity index (χ1) is 11.8. The molecule has 1 amide bonds. The average Bonchev–Trinajstić information content (AvgIpc) is 2.59. The Bertz CT molecular complexity index is 611. The predicted octanol–water partition coefficient (Wildman–Crippen LogP) is 3.88. The third-order valence-electron chi connectivity index (χ3n) is 5.08. The molecule has 1 fully saturated rings. The van der Waals surface area contributed by atoms with E-state index in [1.807, 2.05) is 36.4 Å². The van der Waals surface area contributed by atoms with Crippen LogP contribution in [0.2, 0.25) is 0 Å². The van der Waals surface area contributed by atoms with Gasteiger partial charge in [0, 0.05) is 26.0 Å². The fraction of sp³-hybridized carbons (Fsp3) is 0.381. The van der Waals surface area contributed by atoms with E-state index in [1.165, 1.54) is 6.42 Å². The molecule has 0 heterocycles. The third kappa shape index (κ3) is 3.36. The van der Waals surface area contributed by atoms with Gasteiger partial charge in [0.2, 0.25) is 5.91 Å². The van der Waals surface area contributed by atoms with Crippen molar-refractivity contribution in [2.75, 3.05) is 13.7 Å². The van der Waals surface area contributed by atoms with Crippen LogP contribution < -0.4 is 5.32 Å². The van der Waals surface area contributed by atoms with Gasteiger partial charge < -0.3 is 10.1 Å². The summed E-state index contributed by atoms with van der Waals surface area (Å²) in [4.78, 5) is 12.1. The van der Waals surface area contributed by atoms with E-state index in [0.29, 0.717) is 13.0 Å². The number of benzene rings is 2. The van der Waals surface area contributed by atoms with Crippen LogP contribution in [0, 0.1) is 5.92 Å². The Morgan fingerprint density at radius 3 is 2.00 bits per heavy atom. The number of hydrogen-bond acceptors (Lipinski definition) is 2. The zero-order valence-electron chi connectivity index (χ0n) is 14.2. The van der Waals surface area contributed by atoms with E-state index in [9.17, 15) is 4.79 Å². The van der Waals surface area contributed by atoms with Crippen molar-refractivity contribution in [3.05, 3.63) is 71.8 Å². The maximum atomic E-state index is 12.1. The summed E-state index contributed by atoms with van der Waals surface area (Å²) >= 11 is 0. The largest absolute Gasteiger partial charge is 0.369 e. The van der Waals surface area contributed by atoms with Gasteiger partial charge in [0.15, 0.2) is 0 Å². The summed E-state index contributed by atoms with van der Waals surface area (Å²) in [5.74, 6) is 0.405.